The topological polar surface area (TPSA) is 113 Å². The van der Waals surface area contributed by atoms with E-state index in [-0.39, 0.29) is 37.4 Å². The predicted octanol–water partition coefficient (Wildman–Crippen LogP) is 1.92. The lowest BCUT2D eigenvalue weighted by Gasteiger charge is -2.29. The number of nitrogens with zero attached hydrogens (tertiary/aromatic N) is 3. The molecule has 2 fully saturated rings. The molecule has 0 radical (unpaired) electrons. The van der Waals surface area contributed by atoms with Crippen molar-refractivity contribution in [3.8, 4) is 0 Å². The van der Waals surface area contributed by atoms with E-state index in [1.165, 1.54) is 0 Å². The number of rotatable bonds is 8. The normalized spacial score (nSPS) is 24.1. The van der Waals surface area contributed by atoms with Gasteiger partial charge < -0.3 is 30.2 Å². The van der Waals surface area contributed by atoms with E-state index in [0.29, 0.717) is 30.9 Å². The number of aliphatic hydroxyl groups is 2. The second kappa shape index (κ2) is 11.3. The molecule has 3 amide bonds. The fourth-order valence-corrected chi connectivity index (χ4v) is 5.93. The summed E-state index contributed by atoms with van der Waals surface area (Å²) in [6.07, 6.45) is 5.28. The Morgan fingerprint density at radius 2 is 2.00 bits per heavy atom. The van der Waals surface area contributed by atoms with Crippen molar-refractivity contribution in [2.24, 2.45) is 5.92 Å². The summed E-state index contributed by atoms with van der Waals surface area (Å²) in [4.78, 5) is 43.9. The first-order chi connectivity index (χ1) is 18.8. The molecule has 2 aromatic rings. The Labute approximate surface area is 228 Å². The molecule has 3 atom stereocenters. The van der Waals surface area contributed by atoms with Crippen molar-refractivity contribution >= 4 is 29.1 Å². The van der Waals surface area contributed by atoms with Gasteiger partial charge in [-0.3, -0.25) is 14.4 Å². The lowest BCUT2D eigenvalue weighted by molar-refractivity contribution is -0.139. The lowest BCUT2D eigenvalue weighted by atomic mass is 9.83. The van der Waals surface area contributed by atoms with Gasteiger partial charge in [0.25, 0.3) is 5.91 Å². The van der Waals surface area contributed by atoms with Crippen LogP contribution in [0.2, 0.25) is 0 Å². The zero-order chi connectivity index (χ0) is 27.6. The Morgan fingerprint density at radius 1 is 1.18 bits per heavy atom. The number of benzene rings is 2. The number of likely N-dealkylation sites (tertiary alicyclic amines) is 1. The Kier molecular flexibility index (Phi) is 7.83. The summed E-state index contributed by atoms with van der Waals surface area (Å²) in [6.45, 7) is 4.23. The average molecular weight is 533 g/mol. The third kappa shape index (κ3) is 5.09. The number of para-hydroxylation sites is 1. The number of piperazine rings is 1. The fourth-order valence-electron chi connectivity index (χ4n) is 5.93. The van der Waals surface area contributed by atoms with E-state index in [2.05, 4.69) is 5.32 Å². The molecule has 0 aliphatic carbocycles. The highest BCUT2D eigenvalue weighted by atomic mass is 16.3. The Bertz CT molecular complexity index is 1280. The summed E-state index contributed by atoms with van der Waals surface area (Å²) < 4.78 is 0. The predicted molar refractivity (Wildman–Crippen MR) is 148 cm³/mol. The van der Waals surface area contributed by atoms with Crippen LogP contribution in [0.3, 0.4) is 0 Å². The highest BCUT2D eigenvalue weighted by Gasteiger charge is 2.52. The van der Waals surface area contributed by atoms with Gasteiger partial charge in [-0.05, 0) is 36.6 Å². The maximum absolute atomic E-state index is 13.8. The van der Waals surface area contributed by atoms with Crippen LogP contribution in [0.5, 0.6) is 0 Å². The number of carbonyl (C=O) groups is 3. The maximum Gasteiger partial charge on any atom is 0.264 e. The number of carbonyl (C=O) groups excluding carboxylic acids is 3. The summed E-state index contributed by atoms with van der Waals surface area (Å²) in [6, 6.07) is 14.7. The number of aliphatic hydroxyl groups excluding tert-OH is 1. The van der Waals surface area contributed by atoms with Crippen LogP contribution in [0, 0.1) is 5.92 Å². The maximum atomic E-state index is 13.8. The van der Waals surface area contributed by atoms with Crippen LogP contribution >= 0.6 is 0 Å². The monoisotopic (exact) mass is 532 g/mol. The third-order valence-electron chi connectivity index (χ3n) is 8.11. The van der Waals surface area contributed by atoms with Crippen molar-refractivity contribution in [1.29, 1.82) is 0 Å². The van der Waals surface area contributed by atoms with Crippen molar-refractivity contribution in [2.45, 2.75) is 44.4 Å². The molecule has 39 heavy (non-hydrogen) atoms. The number of amides is 3. The summed E-state index contributed by atoms with van der Waals surface area (Å²) in [5.74, 6) is -1.06. The number of hydrogen-bond donors (Lipinski definition) is 3. The molecule has 0 unspecified atom stereocenters. The van der Waals surface area contributed by atoms with Crippen LogP contribution in [0.1, 0.15) is 37.3 Å². The van der Waals surface area contributed by atoms with E-state index in [4.69, 9.17) is 0 Å². The molecule has 206 valence electrons. The fraction of sp³-hybridized carbons (Fsp3) is 0.433. The quantitative estimate of drug-likeness (QED) is 0.448. The van der Waals surface area contributed by atoms with E-state index >= 15 is 0 Å². The molecule has 3 heterocycles. The third-order valence-corrected chi connectivity index (χ3v) is 8.11. The number of anilines is 2. The molecule has 3 aliphatic heterocycles. The van der Waals surface area contributed by atoms with Crippen LogP contribution in [-0.4, -0.2) is 71.7 Å². The van der Waals surface area contributed by atoms with E-state index in [9.17, 15) is 24.6 Å². The van der Waals surface area contributed by atoms with E-state index < -0.39 is 17.4 Å². The van der Waals surface area contributed by atoms with Gasteiger partial charge in [-0.25, -0.2) is 0 Å². The van der Waals surface area contributed by atoms with E-state index in [1.54, 1.807) is 45.9 Å². The van der Waals surface area contributed by atoms with Crippen LogP contribution < -0.4 is 15.1 Å². The summed E-state index contributed by atoms with van der Waals surface area (Å²) in [5, 5.41) is 24.4. The van der Waals surface area contributed by atoms with Crippen LogP contribution in [0.25, 0.3) is 0 Å². The van der Waals surface area contributed by atoms with Gasteiger partial charge in [0.2, 0.25) is 11.8 Å². The molecule has 9 heteroatoms. The van der Waals surface area contributed by atoms with Gasteiger partial charge >= 0.3 is 0 Å². The summed E-state index contributed by atoms with van der Waals surface area (Å²) in [7, 11) is 0. The van der Waals surface area contributed by atoms with Crippen molar-refractivity contribution < 1.29 is 24.6 Å². The molecule has 0 spiro atoms. The second-order valence-electron chi connectivity index (χ2n) is 10.6. The molecule has 2 aromatic carbocycles. The lowest BCUT2D eigenvalue weighted by Crippen LogP contribution is -2.48. The van der Waals surface area contributed by atoms with Gasteiger partial charge in [-0.1, -0.05) is 49.4 Å². The largest absolute Gasteiger partial charge is 0.394 e. The number of hydrogen-bond acceptors (Lipinski definition) is 6. The highest BCUT2D eigenvalue weighted by molar-refractivity contribution is 6.07. The average Bonchev–Trinajstić information content (AvgIpc) is 3.52. The molecule has 0 bridgehead atoms. The van der Waals surface area contributed by atoms with E-state index in [0.717, 1.165) is 30.6 Å². The Morgan fingerprint density at radius 3 is 2.79 bits per heavy atom. The van der Waals surface area contributed by atoms with Crippen LogP contribution in [0.15, 0.2) is 60.7 Å². The van der Waals surface area contributed by atoms with Gasteiger partial charge in [-0.15, -0.1) is 0 Å². The molecule has 5 rings (SSSR count). The van der Waals surface area contributed by atoms with Crippen LogP contribution in [0.4, 0.5) is 11.4 Å². The van der Waals surface area contributed by atoms with Crippen molar-refractivity contribution in [2.75, 3.05) is 42.6 Å². The second-order valence-corrected chi connectivity index (χ2v) is 10.6. The first kappa shape index (κ1) is 27.1. The SMILES string of the molecule is C[C@@H](/C=C/CC(=O)N1CCC[C@H]1CO)[C@]1(O)C(=O)N(Cc2cccc(N3CCNCC3=O)c2)c2ccccc21. The van der Waals surface area contributed by atoms with E-state index in [1.807, 2.05) is 36.4 Å². The van der Waals surface area contributed by atoms with Gasteiger partial charge in [-0.2, -0.15) is 0 Å². The zero-order valence-electron chi connectivity index (χ0n) is 22.3. The molecule has 3 aliphatic rings. The molecule has 3 N–H and O–H groups in total. The molecule has 0 aromatic heterocycles. The van der Waals surface area contributed by atoms with Crippen molar-refractivity contribution in [1.82, 2.24) is 10.2 Å². The van der Waals surface area contributed by atoms with Gasteiger partial charge in [0.15, 0.2) is 5.60 Å². The summed E-state index contributed by atoms with van der Waals surface area (Å²) >= 11 is 0. The number of fused-ring (bicyclic) bond motifs is 1. The first-order valence-electron chi connectivity index (χ1n) is 13.7. The Balaban J connectivity index is 1.34. The van der Waals surface area contributed by atoms with Crippen LogP contribution in [-0.2, 0) is 26.5 Å². The standard InChI is InChI=1S/C30H36N4O5/c1-21(7-4-13-27(36)32-15-6-10-24(32)20-35)30(39)25-11-2-3-12-26(25)34(29(30)38)19-22-8-5-9-23(17-22)33-16-14-31-18-28(33)37/h2-5,7-9,11-12,17,21,24,31,35,39H,6,10,13-16,18-20H2,1H3/b7-4+/t21-,24-,30+/m0/s1. The molecular formula is C30H36N4O5. The molecule has 0 saturated carbocycles. The summed E-state index contributed by atoms with van der Waals surface area (Å²) in [5.41, 5.74) is 1.05. The minimum atomic E-state index is -1.77. The molecule has 2 saturated heterocycles. The smallest absolute Gasteiger partial charge is 0.264 e. The first-order valence-corrected chi connectivity index (χ1v) is 13.7. The molecule has 9 nitrogen and oxygen atoms in total. The minimum absolute atomic E-state index is 0.00563. The molecular weight excluding hydrogens is 496 g/mol. The zero-order valence-corrected chi connectivity index (χ0v) is 22.3. The minimum Gasteiger partial charge on any atom is -0.394 e. The van der Waals surface area contributed by atoms with Crippen molar-refractivity contribution in [3.05, 3.63) is 71.8 Å². The van der Waals surface area contributed by atoms with Gasteiger partial charge in [0.05, 0.1) is 31.4 Å². The van der Waals surface area contributed by atoms with Crippen molar-refractivity contribution in [3.63, 3.8) is 0 Å². The highest BCUT2D eigenvalue weighted by Crippen LogP contribution is 2.45. The Hall–Kier alpha value is -3.53. The van der Waals surface area contributed by atoms with Gasteiger partial charge in [0, 0.05) is 43.2 Å². The van der Waals surface area contributed by atoms with Gasteiger partial charge in [0.1, 0.15) is 0 Å². The number of nitrogens with one attached hydrogen (secondary N) is 1.